The Hall–Kier alpha value is -1.99. The van der Waals surface area contributed by atoms with Crippen molar-refractivity contribution in [2.24, 2.45) is 0 Å². The van der Waals surface area contributed by atoms with Crippen molar-refractivity contribution in [3.05, 3.63) is 87.9 Å². The number of rotatable bonds is 12. The molecule has 4 rings (SSSR count). The average molecular weight is 582 g/mol. The SMILES string of the molecule is O=C(O)CCCCCCCOc1nc(-c2ccc(Cl)cc2)c(-c2ccc(Cl)cc2)n1-c1ccc(Cl)cc1.[NaH]. The molecule has 0 aliphatic heterocycles. The standard InChI is InChI=1S/C29H27Cl3N2O3.Na.H/c30-22-11-7-20(8-12-22)27-28(21-9-13-23(31)14-10-21)34(25-17-15-24(32)16-18-25)29(33-27)37-19-5-3-1-2-4-6-26(35)36;;/h7-18H,1-6,19H2,(H,35,36);;. The fourth-order valence-corrected chi connectivity index (χ4v) is 4.46. The molecule has 0 fully saturated rings. The number of ether oxygens (including phenoxy) is 1. The van der Waals surface area contributed by atoms with Crippen molar-refractivity contribution in [3.8, 4) is 34.2 Å². The monoisotopic (exact) mass is 580 g/mol. The molecule has 1 N–H and O–H groups in total. The van der Waals surface area contributed by atoms with Crippen molar-refractivity contribution >= 4 is 70.3 Å². The molecule has 0 saturated heterocycles. The van der Waals surface area contributed by atoms with Gasteiger partial charge < -0.3 is 9.84 Å². The zero-order valence-corrected chi connectivity index (χ0v) is 22.4. The molecule has 0 atom stereocenters. The van der Waals surface area contributed by atoms with Crippen molar-refractivity contribution in [1.82, 2.24) is 9.55 Å². The van der Waals surface area contributed by atoms with E-state index < -0.39 is 5.97 Å². The molecule has 38 heavy (non-hydrogen) atoms. The summed E-state index contributed by atoms with van der Waals surface area (Å²) in [5.41, 5.74) is 4.34. The minimum absolute atomic E-state index is 0. The molecule has 194 valence electrons. The van der Waals surface area contributed by atoms with Gasteiger partial charge in [-0.15, -0.1) is 0 Å². The third-order valence-electron chi connectivity index (χ3n) is 5.93. The number of hydrogen-bond donors (Lipinski definition) is 1. The number of carbonyl (C=O) groups is 1. The number of carboxylic acid groups (broad SMARTS) is 1. The number of aliphatic carboxylic acids is 1. The normalized spacial score (nSPS) is 10.7. The van der Waals surface area contributed by atoms with Crippen molar-refractivity contribution in [2.75, 3.05) is 6.61 Å². The Morgan fingerprint density at radius 3 is 1.82 bits per heavy atom. The second kappa shape index (κ2) is 15.0. The van der Waals surface area contributed by atoms with E-state index >= 15 is 0 Å². The van der Waals surface area contributed by atoms with Gasteiger partial charge in [-0.05, 0) is 61.4 Å². The summed E-state index contributed by atoms with van der Waals surface area (Å²) < 4.78 is 8.25. The van der Waals surface area contributed by atoms with E-state index in [1.54, 1.807) is 0 Å². The van der Waals surface area contributed by atoms with Gasteiger partial charge in [0, 0.05) is 32.6 Å². The molecule has 0 bridgehead atoms. The van der Waals surface area contributed by atoms with E-state index in [0.29, 0.717) is 34.1 Å². The molecule has 1 aromatic heterocycles. The predicted molar refractivity (Wildman–Crippen MR) is 157 cm³/mol. The third-order valence-corrected chi connectivity index (χ3v) is 6.69. The van der Waals surface area contributed by atoms with Gasteiger partial charge in [0.2, 0.25) is 0 Å². The van der Waals surface area contributed by atoms with Crippen molar-refractivity contribution in [2.45, 2.75) is 38.5 Å². The van der Waals surface area contributed by atoms with Crippen molar-refractivity contribution in [3.63, 3.8) is 0 Å². The van der Waals surface area contributed by atoms with Crippen LogP contribution in [0.3, 0.4) is 0 Å². The first-order chi connectivity index (χ1) is 17.9. The van der Waals surface area contributed by atoms with Crippen LogP contribution in [-0.4, -0.2) is 56.8 Å². The maximum absolute atomic E-state index is 10.7. The number of nitrogens with zero attached hydrogens (tertiary/aromatic N) is 2. The Balaban J connectivity index is 0.00000400. The van der Waals surface area contributed by atoms with Crippen LogP contribution in [0.1, 0.15) is 38.5 Å². The summed E-state index contributed by atoms with van der Waals surface area (Å²) in [5.74, 6) is -0.745. The summed E-state index contributed by atoms with van der Waals surface area (Å²) in [6.07, 6.45) is 4.58. The zero-order chi connectivity index (χ0) is 26.2. The average Bonchev–Trinajstić information content (AvgIpc) is 3.26. The number of benzene rings is 3. The molecule has 0 unspecified atom stereocenters. The van der Waals surface area contributed by atoms with Crippen molar-refractivity contribution in [1.29, 1.82) is 0 Å². The zero-order valence-electron chi connectivity index (χ0n) is 20.2. The Bertz CT molecular complexity index is 1330. The van der Waals surface area contributed by atoms with Gasteiger partial charge in [-0.1, -0.05) is 78.3 Å². The predicted octanol–water partition coefficient (Wildman–Crippen LogP) is 8.32. The van der Waals surface area contributed by atoms with Crippen LogP contribution in [0.2, 0.25) is 15.1 Å². The molecule has 4 aromatic rings. The Kier molecular flexibility index (Phi) is 12.0. The number of imidazole rings is 1. The fourth-order valence-electron chi connectivity index (χ4n) is 4.08. The second-order valence-corrected chi connectivity index (χ2v) is 9.99. The summed E-state index contributed by atoms with van der Waals surface area (Å²) in [5, 5.41) is 10.7. The first-order valence-electron chi connectivity index (χ1n) is 12.2. The summed E-state index contributed by atoms with van der Waals surface area (Å²) in [6.45, 7) is 0.490. The molecular formula is C29H28Cl3N2NaO3. The molecule has 0 amide bonds. The maximum atomic E-state index is 10.7. The summed E-state index contributed by atoms with van der Waals surface area (Å²) in [4.78, 5) is 15.6. The molecule has 0 aliphatic rings. The molecule has 0 saturated carbocycles. The molecule has 0 spiro atoms. The van der Waals surface area contributed by atoms with Gasteiger partial charge in [0.25, 0.3) is 0 Å². The number of hydrogen-bond acceptors (Lipinski definition) is 3. The molecule has 9 heteroatoms. The quantitative estimate of drug-likeness (QED) is 0.135. The molecule has 0 aliphatic carbocycles. The van der Waals surface area contributed by atoms with E-state index in [0.717, 1.165) is 53.9 Å². The van der Waals surface area contributed by atoms with Gasteiger partial charge in [-0.2, -0.15) is 4.98 Å². The third kappa shape index (κ3) is 8.25. The number of halogens is 3. The molecule has 0 radical (unpaired) electrons. The molecule has 3 aromatic carbocycles. The van der Waals surface area contributed by atoms with Crippen LogP contribution >= 0.6 is 34.8 Å². The number of aromatic nitrogens is 2. The second-order valence-electron chi connectivity index (χ2n) is 8.68. The molecule has 5 nitrogen and oxygen atoms in total. The van der Waals surface area contributed by atoms with Crippen LogP contribution in [0.4, 0.5) is 0 Å². The van der Waals surface area contributed by atoms with Gasteiger partial charge in [-0.25, -0.2) is 0 Å². The number of unbranched alkanes of at least 4 members (excludes halogenated alkanes) is 4. The summed E-state index contributed by atoms with van der Waals surface area (Å²) in [6, 6.07) is 23.2. The van der Waals surface area contributed by atoms with E-state index in [2.05, 4.69) is 0 Å². The van der Waals surface area contributed by atoms with E-state index in [1.165, 1.54) is 0 Å². The van der Waals surface area contributed by atoms with Gasteiger partial charge in [-0.3, -0.25) is 9.36 Å². The molecular weight excluding hydrogens is 554 g/mol. The van der Waals surface area contributed by atoms with Gasteiger partial charge in [0.15, 0.2) is 0 Å². The molecule has 1 heterocycles. The van der Waals surface area contributed by atoms with Crippen LogP contribution < -0.4 is 4.74 Å². The van der Waals surface area contributed by atoms with E-state index in [1.807, 2.05) is 77.4 Å². The van der Waals surface area contributed by atoms with Crippen LogP contribution in [0.25, 0.3) is 28.2 Å². The van der Waals surface area contributed by atoms with E-state index in [9.17, 15) is 4.79 Å². The van der Waals surface area contributed by atoms with E-state index in [4.69, 9.17) is 49.6 Å². The van der Waals surface area contributed by atoms with Gasteiger partial charge in [0.1, 0.15) is 5.69 Å². The van der Waals surface area contributed by atoms with Gasteiger partial charge in [0.05, 0.1) is 18.0 Å². The Morgan fingerprint density at radius 1 is 0.737 bits per heavy atom. The van der Waals surface area contributed by atoms with Crippen LogP contribution in [0.5, 0.6) is 6.01 Å². The van der Waals surface area contributed by atoms with E-state index in [-0.39, 0.29) is 36.0 Å². The van der Waals surface area contributed by atoms with Crippen LogP contribution in [0.15, 0.2) is 72.8 Å². The minimum atomic E-state index is -0.745. The summed E-state index contributed by atoms with van der Waals surface area (Å²) in [7, 11) is 0. The van der Waals surface area contributed by atoms with Crippen LogP contribution in [-0.2, 0) is 4.79 Å². The number of carboxylic acids is 1. The fraction of sp³-hybridized carbons (Fsp3) is 0.241. The first kappa shape index (κ1) is 30.6. The van der Waals surface area contributed by atoms with Crippen molar-refractivity contribution < 1.29 is 14.6 Å². The summed E-state index contributed by atoms with van der Waals surface area (Å²) >= 11 is 18.5. The van der Waals surface area contributed by atoms with Crippen LogP contribution in [0, 0.1) is 0 Å². The first-order valence-corrected chi connectivity index (χ1v) is 13.3. The topological polar surface area (TPSA) is 64.3 Å². The Morgan fingerprint density at radius 2 is 1.24 bits per heavy atom. The Labute approximate surface area is 260 Å². The van der Waals surface area contributed by atoms with Gasteiger partial charge >= 0.3 is 41.5 Å².